The van der Waals surface area contributed by atoms with Crippen LogP contribution < -0.4 is 5.32 Å². The van der Waals surface area contributed by atoms with Crippen LogP contribution in [-0.2, 0) is 18.4 Å². The zero-order valence-electron chi connectivity index (χ0n) is 33.7. The van der Waals surface area contributed by atoms with Gasteiger partial charge in [-0.3, -0.25) is 13.8 Å². The lowest BCUT2D eigenvalue weighted by Gasteiger charge is -2.26. The number of carbonyl (C=O) groups excluding carboxylic acids is 1. The zero-order valence-corrected chi connectivity index (χ0v) is 34.5. The Kier molecular flexibility index (Phi) is 33.5. The SMILES string of the molecule is CCCCCCCCCC/C=C\CCCCCCCCCCCCCCCC(=O)NC(COP(=O)(O)OCC[N+](C)(C)C)C(O)CCCCC. The molecule has 0 aromatic rings. The molecule has 0 saturated carbocycles. The lowest BCUT2D eigenvalue weighted by atomic mass is 10.0. The number of phosphoric ester groups is 1. The van der Waals surface area contributed by atoms with E-state index in [1.165, 1.54) is 128 Å². The Morgan fingerprint density at radius 3 is 1.54 bits per heavy atom. The van der Waals surface area contributed by atoms with Gasteiger partial charge in [0.2, 0.25) is 5.91 Å². The quantitative estimate of drug-likeness (QED) is 0.0253. The highest BCUT2D eigenvalue weighted by Gasteiger charge is 2.28. The van der Waals surface area contributed by atoms with Crippen molar-refractivity contribution in [3.8, 4) is 0 Å². The number of carbonyl (C=O) groups is 1. The summed E-state index contributed by atoms with van der Waals surface area (Å²) < 4.78 is 23.3. The van der Waals surface area contributed by atoms with Crippen molar-refractivity contribution < 1.29 is 32.9 Å². The molecule has 0 aliphatic carbocycles. The van der Waals surface area contributed by atoms with E-state index in [0.29, 0.717) is 23.9 Å². The van der Waals surface area contributed by atoms with Crippen molar-refractivity contribution in [2.45, 2.75) is 206 Å². The van der Waals surface area contributed by atoms with Crippen molar-refractivity contribution in [1.82, 2.24) is 5.32 Å². The summed E-state index contributed by atoms with van der Waals surface area (Å²) in [5, 5.41) is 13.6. The largest absolute Gasteiger partial charge is 0.472 e. The topological polar surface area (TPSA) is 105 Å². The first-order valence-corrected chi connectivity index (χ1v) is 22.5. The number of aliphatic hydroxyl groups excluding tert-OH is 1. The molecule has 1 amide bonds. The highest BCUT2D eigenvalue weighted by atomic mass is 31.2. The van der Waals surface area contributed by atoms with Crippen LogP contribution in [0.25, 0.3) is 0 Å². The van der Waals surface area contributed by atoms with Crippen molar-refractivity contribution >= 4 is 13.7 Å². The van der Waals surface area contributed by atoms with Crippen LogP contribution in [0.5, 0.6) is 0 Å². The molecule has 0 rings (SSSR count). The van der Waals surface area contributed by atoms with Gasteiger partial charge in [0.05, 0.1) is 39.9 Å². The highest BCUT2D eigenvalue weighted by molar-refractivity contribution is 7.47. The summed E-state index contributed by atoms with van der Waals surface area (Å²) in [6.07, 6.45) is 37.6. The van der Waals surface area contributed by atoms with Crippen molar-refractivity contribution in [3.63, 3.8) is 0 Å². The molecule has 0 fully saturated rings. The smallest absolute Gasteiger partial charge is 0.391 e. The van der Waals surface area contributed by atoms with E-state index < -0.39 is 20.0 Å². The summed E-state index contributed by atoms with van der Waals surface area (Å²) in [7, 11) is 1.61. The number of phosphoric acid groups is 1. The predicted molar refractivity (Wildman–Crippen MR) is 212 cm³/mol. The van der Waals surface area contributed by atoms with Crippen molar-refractivity contribution in [3.05, 3.63) is 12.2 Å². The molecule has 50 heavy (non-hydrogen) atoms. The van der Waals surface area contributed by atoms with E-state index in [4.69, 9.17) is 9.05 Å². The fourth-order valence-corrected chi connectivity index (χ4v) is 6.83. The molecule has 0 heterocycles. The number of allylic oxidation sites excluding steroid dienone is 2. The molecule has 298 valence electrons. The molecule has 0 spiro atoms. The van der Waals surface area contributed by atoms with Gasteiger partial charge >= 0.3 is 7.82 Å². The van der Waals surface area contributed by atoms with Gasteiger partial charge < -0.3 is 19.8 Å². The molecular formula is C41H84N2O6P+. The number of nitrogens with zero attached hydrogens (tertiary/aromatic N) is 1. The van der Waals surface area contributed by atoms with Crippen LogP contribution >= 0.6 is 7.82 Å². The molecule has 0 aromatic heterocycles. The average molecular weight is 732 g/mol. The zero-order chi connectivity index (χ0) is 37.2. The number of unbranched alkanes of at least 4 members (excludes halogenated alkanes) is 23. The van der Waals surface area contributed by atoms with E-state index in [-0.39, 0.29) is 19.1 Å². The van der Waals surface area contributed by atoms with Gasteiger partial charge in [-0.05, 0) is 38.5 Å². The number of hydrogen-bond donors (Lipinski definition) is 3. The molecule has 0 aliphatic rings. The van der Waals surface area contributed by atoms with Gasteiger partial charge in [-0.1, -0.05) is 161 Å². The van der Waals surface area contributed by atoms with Crippen LogP contribution in [0.15, 0.2) is 12.2 Å². The molecule has 3 N–H and O–H groups in total. The minimum absolute atomic E-state index is 0.0747. The van der Waals surface area contributed by atoms with Gasteiger partial charge in [-0.2, -0.15) is 0 Å². The molecule has 3 atom stereocenters. The van der Waals surface area contributed by atoms with Crippen LogP contribution in [0.3, 0.4) is 0 Å². The van der Waals surface area contributed by atoms with Gasteiger partial charge in [0.1, 0.15) is 13.2 Å². The highest BCUT2D eigenvalue weighted by Crippen LogP contribution is 2.43. The van der Waals surface area contributed by atoms with E-state index >= 15 is 0 Å². The van der Waals surface area contributed by atoms with Gasteiger partial charge in [0.15, 0.2) is 0 Å². The van der Waals surface area contributed by atoms with E-state index in [0.717, 1.165) is 38.5 Å². The molecule has 3 unspecified atom stereocenters. The van der Waals surface area contributed by atoms with Crippen LogP contribution in [0.2, 0.25) is 0 Å². The third-order valence-corrected chi connectivity index (χ3v) is 10.5. The van der Waals surface area contributed by atoms with Crippen LogP contribution in [-0.4, -0.2) is 73.4 Å². The Hall–Kier alpha value is -0.760. The number of rotatable bonds is 38. The second-order valence-corrected chi connectivity index (χ2v) is 17.2. The molecule has 0 radical (unpaired) electrons. The molecule has 0 saturated heterocycles. The first-order chi connectivity index (χ1) is 24.0. The fraction of sp³-hybridized carbons (Fsp3) is 0.927. The van der Waals surface area contributed by atoms with Crippen LogP contribution in [0.1, 0.15) is 194 Å². The maximum absolute atomic E-state index is 12.7. The Balaban J connectivity index is 3.86. The van der Waals surface area contributed by atoms with Crippen LogP contribution in [0, 0.1) is 0 Å². The Bertz CT molecular complexity index is 834. The molecule has 0 bridgehead atoms. The predicted octanol–water partition coefficient (Wildman–Crippen LogP) is 11.2. The van der Waals surface area contributed by atoms with E-state index in [2.05, 4.69) is 31.3 Å². The molecule has 0 aromatic carbocycles. The summed E-state index contributed by atoms with van der Waals surface area (Å²) in [6, 6.07) is -0.752. The molecule has 9 heteroatoms. The van der Waals surface area contributed by atoms with Gasteiger partial charge in [0, 0.05) is 6.42 Å². The van der Waals surface area contributed by atoms with Crippen molar-refractivity contribution in [2.24, 2.45) is 0 Å². The van der Waals surface area contributed by atoms with E-state index in [9.17, 15) is 19.4 Å². The van der Waals surface area contributed by atoms with E-state index in [1.807, 2.05) is 21.1 Å². The maximum Gasteiger partial charge on any atom is 0.472 e. The second-order valence-electron chi connectivity index (χ2n) is 15.7. The summed E-state index contributed by atoms with van der Waals surface area (Å²) in [4.78, 5) is 22.8. The standard InChI is InChI=1S/C41H83N2O6P/c1-6-8-10-11-12-13-14-15-16-17-18-19-20-21-22-23-24-25-26-27-28-29-30-31-33-35-41(45)42-39(40(44)34-32-9-7-2)38-49-50(46,47)48-37-36-43(3,4)5/h17-18,39-40,44H,6-16,19-38H2,1-5H3,(H-,42,45,46,47)/p+1/b18-17-. The van der Waals surface area contributed by atoms with Crippen molar-refractivity contribution in [1.29, 1.82) is 0 Å². The van der Waals surface area contributed by atoms with Gasteiger partial charge in [-0.25, -0.2) is 4.57 Å². The number of likely N-dealkylation sites (N-methyl/N-ethyl adjacent to an activating group) is 1. The number of nitrogens with one attached hydrogen (secondary N) is 1. The number of aliphatic hydroxyl groups is 1. The minimum Gasteiger partial charge on any atom is -0.391 e. The summed E-state index contributed by atoms with van der Waals surface area (Å²) in [6.45, 7) is 4.72. The van der Waals surface area contributed by atoms with Crippen LogP contribution in [0.4, 0.5) is 0 Å². The lowest BCUT2D eigenvalue weighted by molar-refractivity contribution is -0.870. The fourth-order valence-electron chi connectivity index (χ4n) is 6.10. The summed E-state index contributed by atoms with van der Waals surface area (Å²) in [5.74, 6) is -0.155. The molecule has 8 nitrogen and oxygen atoms in total. The number of quaternary nitrogens is 1. The van der Waals surface area contributed by atoms with Gasteiger partial charge in [-0.15, -0.1) is 0 Å². The number of hydrogen-bond acceptors (Lipinski definition) is 5. The maximum atomic E-state index is 12.7. The third-order valence-electron chi connectivity index (χ3n) is 9.51. The first kappa shape index (κ1) is 49.2. The molecular weight excluding hydrogens is 647 g/mol. The molecule has 0 aliphatic heterocycles. The minimum atomic E-state index is -4.28. The lowest BCUT2D eigenvalue weighted by Crippen LogP contribution is -2.46. The summed E-state index contributed by atoms with van der Waals surface area (Å²) >= 11 is 0. The Morgan fingerprint density at radius 2 is 1.08 bits per heavy atom. The first-order valence-electron chi connectivity index (χ1n) is 21.1. The normalized spacial score (nSPS) is 14.6. The Morgan fingerprint density at radius 1 is 0.660 bits per heavy atom. The monoisotopic (exact) mass is 732 g/mol. The Labute approximate surface area is 310 Å². The summed E-state index contributed by atoms with van der Waals surface area (Å²) in [5.41, 5.74) is 0. The number of amides is 1. The second kappa shape index (κ2) is 34.0. The van der Waals surface area contributed by atoms with Crippen molar-refractivity contribution in [2.75, 3.05) is 40.9 Å². The van der Waals surface area contributed by atoms with E-state index in [1.54, 1.807) is 0 Å². The third kappa shape index (κ3) is 35.6. The average Bonchev–Trinajstić information content (AvgIpc) is 3.06. The van der Waals surface area contributed by atoms with Gasteiger partial charge in [0.25, 0.3) is 0 Å².